The molecule has 13 heavy (non-hydrogen) atoms. The zero-order valence-electron chi connectivity index (χ0n) is 7.17. The first-order valence-corrected chi connectivity index (χ1v) is 3.58. The Labute approximate surface area is 82.6 Å². The maximum absolute atomic E-state index is 12.9. The predicted octanol–water partition coefficient (Wildman–Crippen LogP) is 1.89. The Morgan fingerprint density at radius 3 is 2.62 bits per heavy atom. The molecule has 4 heteroatoms. The molecule has 0 saturated carbocycles. The van der Waals surface area contributed by atoms with Crippen LogP contribution in [0.25, 0.3) is 0 Å². The van der Waals surface area contributed by atoms with Crippen molar-refractivity contribution in [2.45, 2.75) is 13.5 Å². The Balaban J connectivity index is 0.00000144. The van der Waals surface area contributed by atoms with Gasteiger partial charge >= 0.3 is 0 Å². The molecule has 0 heterocycles. The molecule has 2 nitrogen and oxygen atoms in total. The molecule has 70 valence electrons. The zero-order chi connectivity index (χ0) is 9.14. The molecule has 0 saturated heterocycles. The highest BCUT2D eigenvalue weighted by Crippen LogP contribution is 2.13. The first kappa shape index (κ1) is 11.9. The van der Waals surface area contributed by atoms with Crippen LogP contribution in [0.1, 0.15) is 16.7 Å². The van der Waals surface area contributed by atoms with Crippen LogP contribution < -0.4 is 5.73 Å². The highest BCUT2D eigenvalue weighted by molar-refractivity contribution is 5.85. The number of nitrogens with zero attached hydrogens (tertiary/aromatic N) is 1. The fourth-order valence-corrected chi connectivity index (χ4v) is 1.03. The molecule has 0 amide bonds. The summed E-state index contributed by atoms with van der Waals surface area (Å²) in [6, 6.07) is 4.60. The monoisotopic (exact) mass is 200 g/mol. The number of rotatable bonds is 1. The molecule has 0 bridgehead atoms. The van der Waals surface area contributed by atoms with Crippen LogP contribution in [0.3, 0.4) is 0 Å². The van der Waals surface area contributed by atoms with Crippen LogP contribution in [-0.4, -0.2) is 0 Å². The molecule has 2 N–H and O–H groups in total. The fraction of sp³-hybridized carbons (Fsp3) is 0.222. The molecule has 1 aromatic carbocycles. The van der Waals surface area contributed by atoms with E-state index < -0.39 is 5.82 Å². The van der Waals surface area contributed by atoms with E-state index in [0.717, 1.165) is 11.1 Å². The van der Waals surface area contributed by atoms with Crippen molar-refractivity contribution in [1.82, 2.24) is 0 Å². The summed E-state index contributed by atoms with van der Waals surface area (Å²) >= 11 is 0. The fourth-order valence-electron chi connectivity index (χ4n) is 1.03. The second kappa shape index (κ2) is 4.80. The van der Waals surface area contributed by atoms with E-state index in [-0.39, 0.29) is 18.0 Å². The van der Waals surface area contributed by atoms with Crippen molar-refractivity contribution < 1.29 is 4.39 Å². The van der Waals surface area contributed by atoms with E-state index >= 15 is 0 Å². The van der Waals surface area contributed by atoms with Gasteiger partial charge in [0.05, 0.1) is 5.56 Å². The van der Waals surface area contributed by atoms with Gasteiger partial charge in [-0.15, -0.1) is 12.4 Å². The summed E-state index contributed by atoms with van der Waals surface area (Å²) < 4.78 is 12.9. The smallest absolute Gasteiger partial charge is 0.141 e. The van der Waals surface area contributed by atoms with Gasteiger partial charge in [-0.05, 0) is 30.2 Å². The summed E-state index contributed by atoms with van der Waals surface area (Å²) in [5.41, 5.74) is 7.03. The van der Waals surface area contributed by atoms with E-state index in [1.807, 2.05) is 6.92 Å². The topological polar surface area (TPSA) is 49.8 Å². The number of hydrogen-bond donors (Lipinski definition) is 1. The van der Waals surface area contributed by atoms with Crippen LogP contribution >= 0.6 is 12.4 Å². The molecular weight excluding hydrogens is 191 g/mol. The molecule has 0 spiro atoms. The zero-order valence-corrected chi connectivity index (χ0v) is 7.99. The molecule has 0 aliphatic rings. The summed E-state index contributed by atoms with van der Waals surface area (Å²) in [4.78, 5) is 0. The maximum Gasteiger partial charge on any atom is 0.141 e. The van der Waals surface area contributed by atoms with E-state index in [9.17, 15) is 4.39 Å². The minimum absolute atomic E-state index is 0. The SMILES string of the molecule is Cc1cc(C#N)c(F)cc1CN.Cl. The molecule has 0 unspecified atom stereocenters. The lowest BCUT2D eigenvalue weighted by atomic mass is 10.1. The van der Waals surface area contributed by atoms with Crippen molar-refractivity contribution in [1.29, 1.82) is 5.26 Å². The first-order valence-electron chi connectivity index (χ1n) is 3.58. The predicted molar refractivity (Wildman–Crippen MR) is 51.0 cm³/mol. The van der Waals surface area contributed by atoms with Crippen molar-refractivity contribution in [2.75, 3.05) is 0 Å². The van der Waals surface area contributed by atoms with Crippen LogP contribution in [0.5, 0.6) is 0 Å². The molecular formula is C9H10ClFN2. The number of hydrogen-bond acceptors (Lipinski definition) is 2. The quantitative estimate of drug-likeness (QED) is 0.753. The molecule has 1 aromatic rings. The van der Waals surface area contributed by atoms with Crippen LogP contribution in [0.4, 0.5) is 4.39 Å². The van der Waals surface area contributed by atoms with Crippen molar-refractivity contribution in [3.05, 3.63) is 34.6 Å². The number of aryl methyl sites for hydroxylation is 1. The van der Waals surface area contributed by atoms with E-state index in [1.54, 1.807) is 6.07 Å². The third-order valence-corrected chi connectivity index (χ3v) is 1.77. The minimum atomic E-state index is -0.497. The van der Waals surface area contributed by atoms with E-state index in [2.05, 4.69) is 0 Å². The van der Waals surface area contributed by atoms with Gasteiger partial charge in [0.2, 0.25) is 0 Å². The van der Waals surface area contributed by atoms with Crippen molar-refractivity contribution >= 4 is 12.4 Å². The van der Waals surface area contributed by atoms with Crippen molar-refractivity contribution in [2.24, 2.45) is 5.73 Å². The largest absolute Gasteiger partial charge is 0.326 e. The van der Waals surface area contributed by atoms with Gasteiger partial charge in [-0.3, -0.25) is 0 Å². The van der Waals surface area contributed by atoms with Crippen LogP contribution in [0.15, 0.2) is 12.1 Å². The summed E-state index contributed by atoms with van der Waals surface area (Å²) in [6.45, 7) is 2.11. The van der Waals surface area contributed by atoms with Crippen LogP contribution in [-0.2, 0) is 6.54 Å². The second-order valence-electron chi connectivity index (χ2n) is 2.57. The molecule has 0 fully saturated rings. The molecule has 0 radical (unpaired) electrons. The van der Waals surface area contributed by atoms with Crippen molar-refractivity contribution in [3.63, 3.8) is 0 Å². The van der Waals surface area contributed by atoms with E-state index in [4.69, 9.17) is 11.0 Å². The molecule has 1 rings (SSSR count). The van der Waals surface area contributed by atoms with Gasteiger partial charge in [0.1, 0.15) is 11.9 Å². The molecule has 0 aliphatic heterocycles. The average Bonchev–Trinajstić information content (AvgIpc) is 2.08. The highest BCUT2D eigenvalue weighted by Gasteiger charge is 2.04. The molecule has 0 aromatic heterocycles. The standard InChI is InChI=1S/C9H9FN2.ClH/c1-6-2-8(5-12)9(10)3-7(6)4-11;/h2-3H,4,11H2,1H3;1H. The van der Waals surface area contributed by atoms with Gasteiger partial charge in [0, 0.05) is 6.54 Å². The Hall–Kier alpha value is -1.11. The lowest BCUT2D eigenvalue weighted by Gasteiger charge is -2.03. The van der Waals surface area contributed by atoms with E-state index in [1.165, 1.54) is 12.1 Å². The maximum atomic E-state index is 12.9. The van der Waals surface area contributed by atoms with E-state index in [0.29, 0.717) is 6.54 Å². The van der Waals surface area contributed by atoms with Gasteiger partial charge in [0.15, 0.2) is 0 Å². The second-order valence-corrected chi connectivity index (χ2v) is 2.57. The summed E-state index contributed by atoms with van der Waals surface area (Å²) in [6.07, 6.45) is 0. The summed E-state index contributed by atoms with van der Waals surface area (Å²) in [5, 5.41) is 8.49. The number of nitriles is 1. The third-order valence-electron chi connectivity index (χ3n) is 1.77. The number of halogens is 2. The number of nitrogens with two attached hydrogens (primary N) is 1. The molecule has 0 aliphatic carbocycles. The van der Waals surface area contributed by atoms with Gasteiger partial charge in [-0.25, -0.2) is 4.39 Å². The Morgan fingerprint density at radius 1 is 1.54 bits per heavy atom. The average molecular weight is 201 g/mol. The minimum Gasteiger partial charge on any atom is -0.326 e. The van der Waals surface area contributed by atoms with Gasteiger partial charge in [-0.2, -0.15) is 5.26 Å². The highest BCUT2D eigenvalue weighted by atomic mass is 35.5. The van der Waals surface area contributed by atoms with Crippen LogP contribution in [0.2, 0.25) is 0 Å². The van der Waals surface area contributed by atoms with Gasteiger partial charge < -0.3 is 5.73 Å². The summed E-state index contributed by atoms with van der Waals surface area (Å²) in [7, 11) is 0. The van der Waals surface area contributed by atoms with Crippen LogP contribution in [0, 0.1) is 24.1 Å². The lowest BCUT2D eigenvalue weighted by Crippen LogP contribution is -2.01. The normalized spacial score (nSPS) is 8.77. The van der Waals surface area contributed by atoms with Crippen molar-refractivity contribution in [3.8, 4) is 6.07 Å². The Morgan fingerprint density at radius 2 is 2.15 bits per heavy atom. The lowest BCUT2D eigenvalue weighted by molar-refractivity contribution is 0.621. The number of benzene rings is 1. The Bertz CT molecular complexity index is 343. The molecule has 0 atom stereocenters. The van der Waals surface area contributed by atoms with Gasteiger partial charge in [-0.1, -0.05) is 0 Å². The third kappa shape index (κ3) is 2.41. The summed E-state index contributed by atoms with van der Waals surface area (Å²) in [5.74, 6) is -0.497. The Kier molecular flexibility index (Phi) is 4.39. The van der Waals surface area contributed by atoms with Gasteiger partial charge in [0.25, 0.3) is 0 Å². The first-order chi connectivity index (χ1) is 5.69.